The molecule has 1 amide bonds. The number of hydrogen-bond acceptors (Lipinski definition) is 3. The molecule has 0 spiro atoms. The van der Waals surface area contributed by atoms with E-state index in [4.69, 9.17) is 0 Å². The number of rotatable bonds is 5. The van der Waals surface area contributed by atoms with Crippen molar-refractivity contribution in [3.8, 4) is 0 Å². The van der Waals surface area contributed by atoms with Gasteiger partial charge in [-0.05, 0) is 35.9 Å². The van der Waals surface area contributed by atoms with Crippen LogP contribution in [0.25, 0.3) is 0 Å². The molecule has 0 aliphatic heterocycles. The Labute approximate surface area is 136 Å². The van der Waals surface area contributed by atoms with E-state index >= 15 is 0 Å². The topological polar surface area (TPSA) is 63.2 Å². The van der Waals surface area contributed by atoms with E-state index in [2.05, 4.69) is 21.2 Å². The van der Waals surface area contributed by atoms with E-state index < -0.39 is 27.3 Å². The molecule has 0 unspecified atom stereocenters. The molecule has 4 nitrogen and oxygen atoms in total. The lowest BCUT2D eigenvalue weighted by molar-refractivity contribution is -0.113. The van der Waals surface area contributed by atoms with Gasteiger partial charge >= 0.3 is 0 Å². The molecule has 7 heteroatoms. The summed E-state index contributed by atoms with van der Waals surface area (Å²) >= 11 is 3.26. The summed E-state index contributed by atoms with van der Waals surface area (Å²) in [5.74, 6) is -2.09. The molecule has 1 N–H and O–H groups in total. The molecule has 0 atom stereocenters. The highest BCUT2D eigenvalue weighted by Gasteiger charge is 2.18. The zero-order valence-corrected chi connectivity index (χ0v) is 13.8. The first-order chi connectivity index (χ1) is 10.3. The van der Waals surface area contributed by atoms with E-state index in [1.165, 1.54) is 18.2 Å². The summed E-state index contributed by atoms with van der Waals surface area (Å²) in [5, 5.41) is 2.37. The number of sulfone groups is 1. The van der Waals surface area contributed by atoms with Gasteiger partial charge in [0.1, 0.15) is 11.6 Å². The lowest BCUT2D eigenvalue weighted by atomic mass is 10.2. The van der Waals surface area contributed by atoms with Crippen molar-refractivity contribution in [3.63, 3.8) is 0 Å². The first kappa shape index (κ1) is 16.6. The van der Waals surface area contributed by atoms with Crippen molar-refractivity contribution < 1.29 is 17.6 Å². The largest absolute Gasteiger partial charge is 0.325 e. The van der Waals surface area contributed by atoms with Crippen molar-refractivity contribution in [1.82, 2.24) is 0 Å². The molecule has 2 aromatic rings. The highest BCUT2D eigenvalue weighted by Crippen LogP contribution is 2.15. The Hall–Kier alpha value is -1.73. The first-order valence-corrected chi connectivity index (χ1v) is 8.96. The fraction of sp³-hybridized carbons (Fsp3) is 0.133. The Kier molecular flexibility index (Phi) is 5.31. The smallest absolute Gasteiger partial charge is 0.239 e. The number of halogens is 2. The van der Waals surface area contributed by atoms with Gasteiger partial charge in [0, 0.05) is 10.2 Å². The zero-order valence-electron chi connectivity index (χ0n) is 11.4. The molecule has 0 saturated heterocycles. The number of hydrogen-bond donors (Lipinski definition) is 1. The van der Waals surface area contributed by atoms with Gasteiger partial charge in [-0.2, -0.15) is 0 Å². The normalized spacial score (nSPS) is 11.2. The maximum absolute atomic E-state index is 13.0. The van der Waals surface area contributed by atoms with Crippen LogP contribution in [0.3, 0.4) is 0 Å². The summed E-state index contributed by atoms with van der Waals surface area (Å²) in [7, 11) is -3.61. The number of anilines is 1. The molecule has 2 aromatic carbocycles. The standard InChI is InChI=1S/C15H13BrFNO3S/c16-12-4-1-3-11(7-12)9-22(20,21)10-15(19)18-14-6-2-5-13(17)8-14/h1-8H,9-10H2,(H,18,19). The highest BCUT2D eigenvalue weighted by atomic mass is 79.9. The first-order valence-electron chi connectivity index (χ1n) is 6.34. The second kappa shape index (κ2) is 7.02. The molecule has 0 heterocycles. The monoisotopic (exact) mass is 385 g/mol. The van der Waals surface area contributed by atoms with Gasteiger partial charge in [-0.25, -0.2) is 12.8 Å². The van der Waals surface area contributed by atoms with Crippen molar-refractivity contribution in [1.29, 1.82) is 0 Å². The van der Waals surface area contributed by atoms with Gasteiger partial charge in [-0.3, -0.25) is 4.79 Å². The second-order valence-electron chi connectivity index (χ2n) is 4.72. The summed E-state index contributed by atoms with van der Waals surface area (Å²) in [5.41, 5.74) is 0.815. The van der Waals surface area contributed by atoms with E-state index in [1.54, 1.807) is 24.3 Å². The van der Waals surface area contributed by atoms with Crippen molar-refractivity contribution in [3.05, 3.63) is 64.4 Å². The van der Waals surface area contributed by atoms with Gasteiger partial charge in [0.05, 0.1) is 5.75 Å². The predicted molar refractivity (Wildman–Crippen MR) is 86.7 cm³/mol. The Bertz CT molecular complexity index is 793. The zero-order chi connectivity index (χ0) is 16.2. The van der Waals surface area contributed by atoms with Gasteiger partial charge in [-0.1, -0.05) is 34.1 Å². The van der Waals surface area contributed by atoms with Crippen LogP contribution < -0.4 is 5.32 Å². The maximum atomic E-state index is 13.0. The highest BCUT2D eigenvalue weighted by molar-refractivity contribution is 9.10. The van der Waals surface area contributed by atoms with Crippen molar-refractivity contribution in [2.75, 3.05) is 11.1 Å². The third-order valence-electron chi connectivity index (χ3n) is 2.73. The van der Waals surface area contributed by atoms with E-state index in [-0.39, 0.29) is 11.4 Å². The Morgan fingerprint density at radius 3 is 2.55 bits per heavy atom. The molecule has 22 heavy (non-hydrogen) atoms. The molecule has 116 valence electrons. The van der Waals surface area contributed by atoms with Gasteiger partial charge in [-0.15, -0.1) is 0 Å². The Morgan fingerprint density at radius 2 is 1.86 bits per heavy atom. The average Bonchev–Trinajstić information content (AvgIpc) is 2.36. The van der Waals surface area contributed by atoms with Crippen LogP contribution in [0.2, 0.25) is 0 Å². The molecular weight excluding hydrogens is 373 g/mol. The number of amides is 1. The minimum atomic E-state index is -3.61. The van der Waals surface area contributed by atoms with Crippen molar-refractivity contribution in [2.24, 2.45) is 0 Å². The molecule has 0 aromatic heterocycles. The Balaban J connectivity index is 2.00. The minimum absolute atomic E-state index is 0.225. The van der Waals surface area contributed by atoms with Gasteiger partial charge < -0.3 is 5.32 Å². The lowest BCUT2D eigenvalue weighted by Gasteiger charge is -2.07. The summed E-state index contributed by atoms with van der Waals surface area (Å²) in [6.07, 6.45) is 0. The lowest BCUT2D eigenvalue weighted by Crippen LogP contribution is -2.24. The van der Waals surface area contributed by atoms with E-state index in [1.807, 2.05) is 0 Å². The van der Waals surface area contributed by atoms with Crippen LogP contribution in [0.4, 0.5) is 10.1 Å². The molecule has 2 rings (SSSR count). The minimum Gasteiger partial charge on any atom is -0.325 e. The molecule has 0 radical (unpaired) electrons. The maximum Gasteiger partial charge on any atom is 0.239 e. The second-order valence-corrected chi connectivity index (χ2v) is 7.70. The van der Waals surface area contributed by atoms with Crippen LogP contribution in [0.1, 0.15) is 5.56 Å². The number of benzene rings is 2. The van der Waals surface area contributed by atoms with E-state index in [0.29, 0.717) is 5.56 Å². The van der Waals surface area contributed by atoms with Gasteiger partial charge in [0.2, 0.25) is 5.91 Å². The van der Waals surface area contributed by atoms with E-state index in [0.717, 1.165) is 10.5 Å². The van der Waals surface area contributed by atoms with Crippen LogP contribution in [0.15, 0.2) is 53.0 Å². The third-order valence-corrected chi connectivity index (χ3v) is 4.70. The summed E-state index contributed by atoms with van der Waals surface area (Å²) in [6.45, 7) is 0. The van der Waals surface area contributed by atoms with Crippen LogP contribution in [0.5, 0.6) is 0 Å². The molecule has 0 saturated carbocycles. The molecule has 0 bridgehead atoms. The fourth-order valence-corrected chi connectivity index (χ4v) is 3.60. The van der Waals surface area contributed by atoms with Gasteiger partial charge in [0.25, 0.3) is 0 Å². The average molecular weight is 386 g/mol. The number of carbonyl (C=O) groups is 1. The molecule has 0 aliphatic rings. The molecule has 0 aliphatic carbocycles. The van der Waals surface area contributed by atoms with Crippen LogP contribution in [-0.2, 0) is 20.4 Å². The Morgan fingerprint density at radius 1 is 1.14 bits per heavy atom. The summed E-state index contributed by atoms with van der Waals surface area (Å²) in [6, 6.07) is 12.1. The molecular formula is C15H13BrFNO3S. The fourth-order valence-electron chi connectivity index (χ4n) is 1.89. The van der Waals surface area contributed by atoms with Crippen molar-refractivity contribution in [2.45, 2.75) is 5.75 Å². The molecule has 0 fully saturated rings. The van der Waals surface area contributed by atoms with Crippen LogP contribution in [-0.4, -0.2) is 20.1 Å². The van der Waals surface area contributed by atoms with Crippen LogP contribution >= 0.6 is 15.9 Å². The van der Waals surface area contributed by atoms with Crippen LogP contribution in [0, 0.1) is 5.82 Å². The number of carbonyl (C=O) groups excluding carboxylic acids is 1. The number of nitrogens with one attached hydrogen (secondary N) is 1. The van der Waals surface area contributed by atoms with Crippen molar-refractivity contribution >= 4 is 37.4 Å². The SMILES string of the molecule is O=C(CS(=O)(=O)Cc1cccc(Br)c1)Nc1cccc(F)c1. The quantitative estimate of drug-likeness (QED) is 0.859. The summed E-state index contributed by atoms with van der Waals surface area (Å²) < 4.78 is 37.8. The van der Waals surface area contributed by atoms with Gasteiger partial charge in [0.15, 0.2) is 9.84 Å². The summed E-state index contributed by atoms with van der Waals surface area (Å²) in [4.78, 5) is 11.8. The van der Waals surface area contributed by atoms with E-state index in [9.17, 15) is 17.6 Å². The third kappa shape index (κ3) is 5.23. The predicted octanol–water partition coefficient (Wildman–Crippen LogP) is 3.14.